The third-order valence-electron chi connectivity index (χ3n) is 4.29. The van der Waals surface area contributed by atoms with Gasteiger partial charge in [-0.05, 0) is 17.7 Å². The van der Waals surface area contributed by atoms with Gasteiger partial charge in [-0.25, -0.2) is 4.79 Å². The summed E-state index contributed by atoms with van der Waals surface area (Å²) in [7, 11) is 0. The van der Waals surface area contributed by atoms with Gasteiger partial charge < -0.3 is 35.6 Å². The average molecular weight is 393 g/mol. The molecule has 2 rings (SSSR count). The lowest BCUT2D eigenvalue weighted by molar-refractivity contribution is -0.214. The number of carbonyl (C=O) groups is 2. The summed E-state index contributed by atoms with van der Waals surface area (Å²) in [5, 5.41) is 50.3. The highest BCUT2D eigenvalue weighted by molar-refractivity contribution is 5.82. The van der Waals surface area contributed by atoms with E-state index in [9.17, 15) is 35.1 Å². The fourth-order valence-corrected chi connectivity index (χ4v) is 2.83. The van der Waals surface area contributed by atoms with Gasteiger partial charge in [0.05, 0.1) is 6.61 Å². The number of ether oxygens (including phenoxy) is 1. The molecule has 1 aromatic carbocycles. The van der Waals surface area contributed by atoms with Crippen LogP contribution in [0.25, 0.3) is 0 Å². The van der Waals surface area contributed by atoms with Crippen LogP contribution in [-0.2, 0) is 20.7 Å². The van der Waals surface area contributed by atoms with Crippen molar-refractivity contribution in [3.8, 4) is 11.8 Å². The summed E-state index contributed by atoms with van der Waals surface area (Å²) in [6, 6.07) is 5.57. The van der Waals surface area contributed by atoms with E-state index >= 15 is 0 Å². The van der Waals surface area contributed by atoms with Crippen LogP contribution in [0.4, 0.5) is 0 Å². The molecule has 0 aliphatic carbocycles. The van der Waals surface area contributed by atoms with Gasteiger partial charge in [0.15, 0.2) is 0 Å². The zero-order valence-electron chi connectivity index (χ0n) is 15.1. The molecule has 6 N–H and O–H groups in total. The highest BCUT2D eigenvalue weighted by Gasteiger charge is 2.42. The van der Waals surface area contributed by atoms with Crippen LogP contribution < -0.4 is 5.32 Å². The van der Waals surface area contributed by atoms with Gasteiger partial charge in [0.1, 0.15) is 36.6 Å². The molecule has 1 fully saturated rings. The topological polar surface area (TPSA) is 157 Å². The van der Waals surface area contributed by atoms with E-state index in [1.165, 1.54) is 6.92 Å². The first-order valence-corrected chi connectivity index (χ1v) is 8.63. The fourth-order valence-electron chi connectivity index (χ4n) is 2.83. The summed E-state index contributed by atoms with van der Waals surface area (Å²) in [6.07, 6.45) is -6.52. The molecule has 152 valence electrons. The molecular formula is C19H23NO8. The second-order valence-corrected chi connectivity index (χ2v) is 6.51. The largest absolute Gasteiger partial charge is 0.480 e. The highest BCUT2D eigenvalue weighted by Crippen LogP contribution is 2.20. The molecule has 0 unspecified atom stereocenters. The number of carboxylic acid groups (broad SMARTS) is 1. The van der Waals surface area contributed by atoms with Crippen molar-refractivity contribution >= 4 is 11.9 Å². The molecule has 9 nitrogen and oxygen atoms in total. The highest BCUT2D eigenvalue weighted by atomic mass is 16.5. The molecule has 0 bridgehead atoms. The van der Waals surface area contributed by atoms with E-state index < -0.39 is 55.0 Å². The summed E-state index contributed by atoms with van der Waals surface area (Å²) >= 11 is 0. The van der Waals surface area contributed by atoms with Crippen molar-refractivity contribution in [3.63, 3.8) is 0 Å². The third-order valence-corrected chi connectivity index (χ3v) is 4.29. The predicted molar refractivity (Wildman–Crippen MR) is 96.0 cm³/mol. The van der Waals surface area contributed by atoms with E-state index in [0.29, 0.717) is 11.1 Å². The van der Waals surface area contributed by atoms with Crippen molar-refractivity contribution in [2.45, 2.75) is 49.9 Å². The maximum absolute atomic E-state index is 11.3. The Bertz CT molecular complexity index is 769. The van der Waals surface area contributed by atoms with Crippen LogP contribution in [0.5, 0.6) is 0 Å². The number of benzene rings is 1. The second-order valence-electron chi connectivity index (χ2n) is 6.51. The molecule has 1 heterocycles. The summed E-state index contributed by atoms with van der Waals surface area (Å²) in [6.45, 7) is 0.691. The molecule has 6 atom stereocenters. The number of aliphatic carboxylic acids is 1. The number of carboxylic acids is 1. The van der Waals surface area contributed by atoms with Gasteiger partial charge in [0, 0.05) is 18.9 Å². The average Bonchev–Trinajstić information content (AvgIpc) is 2.65. The van der Waals surface area contributed by atoms with Gasteiger partial charge in [0.25, 0.3) is 0 Å². The molecule has 9 heteroatoms. The molecule has 0 saturated carbocycles. The number of amides is 1. The zero-order chi connectivity index (χ0) is 20.8. The Balaban J connectivity index is 2.15. The standard InChI is InChI=1S/C19H23NO8/c1-10(22)20-13(19(26)27)8-12-4-2-3-11(7-12)5-6-14-16(23)18(25)17(24)15(9-21)28-14/h2-4,7,13-18,21,23-25H,8-9H2,1H3,(H,20,22)(H,26,27)/t13-,14+,15-,16-,17-,18-/m1/s1. The van der Waals surface area contributed by atoms with Crippen LogP contribution in [0.1, 0.15) is 18.1 Å². The second kappa shape index (κ2) is 9.64. The Hall–Kier alpha value is -2.48. The van der Waals surface area contributed by atoms with Crippen LogP contribution in [0.3, 0.4) is 0 Å². The number of nitrogens with one attached hydrogen (secondary N) is 1. The minimum Gasteiger partial charge on any atom is -0.480 e. The lowest BCUT2D eigenvalue weighted by atomic mass is 9.95. The quantitative estimate of drug-likeness (QED) is 0.314. The molecule has 1 aromatic rings. The lowest BCUT2D eigenvalue weighted by Crippen LogP contribution is -2.58. The van der Waals surface area contributed by atoms with Crippen LogP contribution in [0.2, 0.25) is 0 Å². The summed E-state index contributed by atoms with van der Waals surface area (Å²) < 4.78 is 5.31. The van der Waals surface area contributed by atoms with Crippen molar-refractivity contribution in [1.29, 1.82) is 0 Å². The lowest BCUT2D eigenvalue weighted by Gasteiger charge is -2.37. The number of aliphatic hydroxyl groups excluding tert-OH is 4. The summed E-state index contributed by atoms with van der Waals surface area (Å²) in [5.74, 6) is 3.80. The molecule has 0 aromatic heterocycles. The maximum Gasteiger partial charge on any atom is 0.326 e. The molecule has 1 amide bonds. The molecule has 1 aliphatic heterocycles. The van der Waals surface area contributed by atoms with Crippen LogP contribution in [-0.4, -0.2) is 80.6 Å². The Labute approximate surface area is 161 Å². The first-order chi connectivity index (χ1) is 13.2. The number of carbonyl (C=O) groups excluding carboxylic acids is 1. The minimum absolute atomic E-state index is 0.0600. The van der Waals surface area contributed by atoms with Crippen LogP contribution >= 0.6 is 0 Å². The molecule has 0 spiro atoms. The van der Waals surface area contributed by atoms with Gasteiger partial charge in [-0.15, -0.1) is 0 Å². The normalized spacial score (nSPS) is 28.0. The Kier molecular flexibility index (Phi) is 7.51. The number of hydrogen-bond acceptors (Lipinski definition) is 7. The summed E-state index contributed by atoms with van der Waals surface area (Å²) in [4.78, 5) is 22.4. The van der Waals surface area contributed by atoms with Crippen molar-refractivity contribution in [3.05, 3.63) is 35.4 Å². The van der Waals surface area contributed by atoms with E-state index in [2.05, 4.69) is 17.2 Å². The smallest absolute Gasteiger partial charge is 0.326 e. The third kappa shape index (κ3) is 5.51. The van der Waals surface area contributed by atoms with Crippen molar-refractivity contribution in [2.24, 2.45) is 0 Å². The molecular weight excluding hydrogens is 370 g/mol. The van der Waals surface area contributed by atoms with Gasteiger partial charge in [0.2, 0.25) is 5.91 Å². The van der Waals surface area contributed by atoms with E-state index in [1.54, 1.807) is 24.3 Å². The van der Waals surface area contributed by atoms with E-state index in [1.807, 2.05) is 0 Å². The minimum atomic E-state index is -1.51. The monoisotopic (exact) mass is 393 g/mol. The predicted octanol–water partition coefficient (Wildman–Crippen LogP) is -1.99. The first-order valence-electron chi connectivity index (χ1n) is 8.63. The van der Waals surface area contributed by atoms with Gasteiger partial charge >= 0.3 is 5.97 Å². The number of hydrogen-bond donors (Lipinski definition) is 6. The molecule has 28 heavy (non-hydrogen) atoms. The number of rotatable bonds is 5. The van der Waals surface area contributed by atoms with Gasteiger partial charge in [-0.1, -0.05) is 24.0 Å². The summed E-state index contributed by atoms with van der Waals surface area (Å²) in [5.41, 5.74) is 1.13. The number of aliphatic hydroxyl groups is 4. The van der Waals surface area contributed by atoms with Gasteiger partial charge in [-0.3, -0.25) is 4.79 Å². The Morgan fingerprint density at radius 2 is 1.93 bits per heavy atom. The SMILES string of the molecule is CC(=O)N[C@H](Cc1cccc(C#C[C@@H]2O[C@H](CO)[C@@H](O)[C@H](O)[C@@H]2O)c1)C(=O)O. The molecule has 1 saturated heterocycles. The Morgan fingerprint density at radius 3 is 2.54 bits per heavy atom. The fraction of sp³-hybridized carbons (Fsp3) is 0.474. The molecule has 1 aliphatic rings. The maximum atomic E-state index is 11.3. The van der Waals surface area contributed by atoms with Crippen LogP contribution in [0.15, 0.2) is 24.3 Å². The van der Waals surface area contributed by atoms with Crippen molar-refractivity contribution in [2.75, 3.05) is 6.61 Å². The Morgan fingerprint density at radius 1 is 1.21 bits per heavy atom. The van der Waals surface area contributed by atoms with Crippen molar-refractivity contribution in [1.82, 2.24) is 5.32 Å². The van der Waals surface area contributed by atoms with E-state index in [4.69, 9.17) is 4.74 Å². The van der Waals surface area contributed by atoms with Gasteiger partial charge in [-0.2, -0.15) is 0 Å². The van der Waals surface area contributed by atoms with Crippen molar-refractivity contribution < 1.29 is 39.9 Å². The van der Waals surface area contributed by atoms with E-state index in [-0.39, 0.29) is 6.42 Å². The molecule has 0 radical (unpaired) electrons. The van der Waals surface area contributed by atoms with E-state index in [0.717, 1.165) is 0 Å². The zero-order valence-corrected chi connectivity index (χ0v) is 15.1. The van der Waals surface area contributed by atoms with Crippen LogP contribution in [0, 0.1) is 11.8 Å². The first kappa shape index (κ1) is 21.8.